The zero-order chi connectivity index (χ0) is 27.6. The van der Waals surface area contributed by atoms with E-state index in [1.54, 1.807) is 11.0 Å². The highest BCUT2D eigenvalue weighted by atomic mass is 79.9. The fourth-order valence-electron chi connectivity index (χ4n) is 5.33. The number of nitrogens with zero attached hydrogens (tertiary/aromatic N) is 1. The Morgan fingerprint density at radius 2 is 1.59 bits per heavy atom. The maximum atomic E-state index is 14.4. The first-order valence-electron chi connectivity index (χ1n) is 13.7. The molecule has 39 heavy (non-hydrogen) atoms. The minimum atomic E-state index is -0.899. The lowest BCUT2D eigenvalue weighted by molar-refractivity contribution is -0.123. The molecule has 0 radical (unpaired) electrons. The van der Waals surface area contributed by atoms with Crippen molar-refractivity contribution >= 4 is 44.4 Å². The molecule has 5 rings (SSSR count). The van der Waals surface area contributed by atoms with E-state index in [1.165, 1.54) is 6.42 Å². The Morgan fingerprint density at radius 3 is 2.26 bits per heavy atom. The molecule has 1 aromatic heterocycles. The normalized spacial score (nSPS) is 15.2. The van der Waals surface area contributed by atoms with Crippen LogP contribution in [0.4, 0.5) is 5.69 Å². The molecule has 1 aliphatic carbocycles. The Hall–Kier alpha value is -3.38. The Kier molecular flexibility index (Phi) is 7.94. The van der Waals surface area contributed by atoms with Gasteiger partial charge in [0.2, 0.25) is 5.91 Å². The van der Waals surface area contributed by atoms with Crippen LogP contribution >= 0.6 is 15.9 Å². The van der Waals surface area contributed by atoms with Crippen molar-refractivity contribution in [1.82, 2.24) is 5.32 Å². The van der Waals surface area contributed by atoms with Crippen LogP contribution in [0.25, 0.3) is 11.0 Å². The molecule has 1 heterocycles. The number of fused-ring (bicyclic) bond motifs is 1. The van der Waals surface area contributed by atoms with E-state index in [2.05, 4.69) is 42.0 Å². The van der Waals surface area contributed by atoms with Gasteiger partial charge in [-0.25, -0.2) is 0 Å². The lowest BCUT2D eigenvalue weighted by atomic mass is 9.87. The molecule has 5 nitrogen and oxygen atoms in total. The molecule has 1 unspecified atom stereocenters. The number of nitrogens with one attached hydrogen (secondary N) is 1. The summed E-state index contributed by atoms with van der Waals surface area (Å²) in [6.45, 7) is 6.46. The number of para-hydroxylation sites is 1. The van der Waals surface area contributed by atoms with Crippen LogP contribution in [-0.4, -0.2) is 17.9 Å². The van der Waals surface area contributed by atoms with Crippen LogP contribution in [0.1, 0.15) is 80.6 Å². The SMILES string of the molecule is CC(C)(C)c1ccc(N(C(=O)c2cc3ccccc3o2)C(C(=O)NC2CCCCC2)c2ccccc2Br)cc1. The van der Waals surface area contributed by atoms with Crippen LogP contribution in [0.15, 0.2) is 87.8 Å². The van der Waals surface area contributed by atoms with Crippen LogP contribution in [0.2, 0.25) is 0 Å². The van der Waals surface area contributed by atoms with Gasteiger partial charge in [0.25, 0.3) is 5.91 Å². The van der Waals surface area contributed by atoms with Crippen LogP contribution in [0.5, 0.6) is 0 Å². The maximum Gasteiger partial charge on any atom is 0.295 e. The van der Waals surface area contributed by atoms with Crippen molar-refractivity contribution in [3.8, 4) is 0 Å². The molecule has 3 aromatic carbocycles. The second-order valence-electron chi connectivity index (χ2n) is 11.4. The van der Waals surface area contributed by atoms with Crippen molar-refractivity contribution < 1.29 is 14.0 Å². The first-order chi connectivity index (χ1) is 18.7. The van der Waals surface area contributed by atoms with Crippen molar-refractivity contribution in [2.24, 2.45) is 0 Å². The lowest BCUT2D eigenvalue weighted by Gasteiger charge is -2.33. The second-order valence-corrected chi connectivity index (χ2v) is 12.2. The third kappa shape index (κ3) is 5.96. The monoisotopic (exact) mass is 586 g/mol. The highest BCUT2D eigenvalue weighted by Gasteiger charge is 2.37. The van der Waals surface area contributed by atoms with E-state index in [4.69, 9.17) is 4.42 Å². The van der Waals surface area contributed by atoms with E-state index in [1.807, 2.05) is 72.8 Å². The maximum absolute atomic E-state index is 14.4. The molecule has 1 atom stereocenters. The summed E-state index contributed by atoms with van der Waals surface area (Å²) in [4.78, 5) is 30.1. The highest BCUT2D eigenvalue weighted by Crippen LogP contribution is 2.36. The average Bonchev–Trinajstić information content (AvgIpc) is 3.37. The number of halogens is 1. The lowest BCUT2D eigenvalue weighted by Crippen LogP contribution is -2.47. The summed E-state index contributed by atoms with van der Waals surface area (Å²) < 4.78 is 6.79. The number of anilines is 1. The van der Waals surface area contributed by atoms with Gasteiger partial charge in [0, 0.05) is 21.6 Å². The quantitative estimate of drug-likeness (QED) is 0.247. The Morgan fingerprint density at radius 1 is 0.923 bits per heavy atom. The molecule has 1 aliphatic rings. The summed E-state index contributed by atoms with van der Waals surface area (Å²) in [6.07, 6.45) is 5.29. The second kappa shape index (κ2) is 11.4. The largest absolute Gasteiger partial charge is 0.451 e. The molecule has 1 fully saturated rings. The molecular formula is C33H35BrN2O3. The van der Waals surface area contributed by atoms with Gasteiger partial charge in [-0.2, -0.15) is 0 Å². The molecule has 1 N–H and O–H groups in total. The van der Waals surface area contributed by atoms with Crippen molar-refractivity contribution in [3.63, 3.8) is 0 Å². The van der Waals surface area contributed by atoms with Crippen molar-refractivity contribution in [1.29, 1.82) is 0 Å². The molecule has 0 aliphatic heterocycles. The van der Waals surface area contributed by atoms with Crippen LogP contribution < -0.4 is 10.2 Å². The van der Waals surface area contributed by atoms with Gasteiger partial charge in [-0.15, -0.1) is 0 Å². The van der Waals surface area contributed by atoms with E-state index in [0.717, 1.165) is 46.7 Å². The fourth-order valence-corrected chi connectivity index (χ4v) is 5.83. The molecule has 0 bridgehead atoms. The zero-order valence-electron chi connectivity index (χ0n) is 22.7. The van der Waals surface area contributed by atoms with Gasteiger partial charge in [-0.05, 0) is 59.7 Å². The van der Waals surface area contributed by atoms with Gasteiger partial charge in [-0.3, -0.25) is 14.5 Å². The van der Waals surface area contributed by atoms with Gasteiger partial charge < -0.3 is 9.73 Å². The minimum absolute atomic E-state index is 0.0493. The first-order valence-corrected chi connectivity index (χ1v) is 14.5. The summed E-state index contributed by atoms with van der Waals surface area (Å²) in [7, 11) is 0. The number of amides is 2. The Bertz CT molecular complexity index is 1430. The van der Waals surface area contributed by atoms with Gasteiger partial charge >= 0.3 is 0 Å². The highest BCUT2D eigenvalue weighted by molar-refractivity contribution is 9.10. The van der Waals surface area contributed by atoms with E-state index in [0.29, 0.717) is 11.3 Å². The van der Waals surface area contributed by atoms with Gasteiger partial charge in [-0.1, -0.05) is 104 Å². The number of furan rings is 1. The molecule has 0 saturated heterocycles. The summed E-state index contributed by atoms with van der Waals surface area (Å²) in [5.74, 6) is -0.369. The van der Waals surface area contributed by atoms with Crippen molar-refractivity contribution in [2.45, 2.75) is 70.4 Å². The van der Waals surface area contributed by atoms with E-state index in [-0.39, 0.29) is 29.0 Å². The van der Waals surface area contributed by atoms with E-state index in [9.17, 15) is 9.59 Å². The average molecular weight is 588 g/mol. The summed E-state index contributed by atoms with van der Waals surface area (Å²) >= 11 is 3.66. The van der Waals surface area contributed by atoms with Crippen molar-refractivity contribution in [2.75, 3.05) is 4.90 Å². The smallest absolute Gasteiger partial charge is 0.295 e. The summed E-state index contributed by atoms with van der Waals surface area (Å²) in [5.41, 5.74) is 3.08. The predicted molar refractivity (Wildman–Crippen MR) is 160 cm³/mol. The zero-order valence-corrected chi connectivity index (χ0v) is 24.3. The summed E-state index contributed by atoms with van der Waals surface area (Å²) in [6, 6.07) is 24.0. The number of carbonyl (C=O) groups is 2. The fraction of sp³-hybridized carbons (Fsp3) is 0.333. The number of rotatable bonds is 6. The molecule has 202 valence electrons. The standard InChI is InChI=1S/C33H35BrN2O3/c1-33(2,3)23-17-19-25(20-18-23)36(32(38)29-21-22-11-7-10-16-28(22)39-29)30(26-14-8-9-15-27(26)34)31(37)35-24-12-5-4-6-13-24/h7-11,14-21,24,30H,4-6,12-13H2,1-3H3,(H,35,37). The van der Waals surface area contributed by atoms with Gasteiger partial charge in [0.1, 0.15) is 11.6 Å². The number of carbonyl (C=O) groups excluding carboxylic acids is 2. The predicted octanol–water partition coefficient (Wildman–Crippen LogP) is 8.33. The number of benzene rings is 3. The molecule has 4 aromatic rings. The minimum Gasteiger partial charge on any atom is -0.451 e. The number of hydrogen-bond acceptors (Lipinski definition) is 3. The van der Waals surface area contributed by atoms with Crippen LogP contribution in [0.3, 0.4) is 0 Å². The van der Waals surface area contributed by atoms with Crippen LogP contribution in [-0.2, 0) is 10.2 Å². The molecule has 1 saturated carbocycles. The summed E-state index contributed by atoms with van der Waals surface area (Å²) in [5, 5.41) is 4.12. The van der Waals surface area contributed by atoms with Gasteiger partial charge in [0.15, 0.2) is 5.76 Å². The van der Waals surface area contributed by atoms with E-state index < -0.39 is 6.04 Å². The molecule has 6 heteroatoms. The topological polar surface area (TPSA) is 62.6 Å². The third-order valence-corrected chi connectivity index (χ3v) is 8.25. The van der Waals surface area contributed by atoms with Crippen molar-refractivity contribution in [3.05, 3.63) is 100 Å². The Labute approximate surface area is 238 Å². The molecule has 0 spiro atoms. The van der Waals surface area contributed by atoms with E-state index >= 15 is 0 Å². The third-order valence-electron chi connectivity index (χ3n) is 7.52. The van der Waals surface area contributed by atoms with Gasteiger partial charge in [0.05, 0.1) is 0 Å². The Balaban J connectivity index is 1.63. The van der Waals surface area contributed by atoms with Crippen LogP contribution in [0, 0.1) is 0 Å². The number of hydrogen-bond donors (Lipinski definition) is 1. The molecular weight excluding hydrogens is 552 g/mol. The molecule has 2 amide bonds. The first kappa shape index (κ1) is 27.2.